The number of benzene rings is 2. The summed E-state index contributed by atoms with van der Waals surface area (Å²) in [7, 11) is 1.41. The molecule has 26 heavy (non-hydrogen) atoms. The van der Waals surface area contributed by atoms with Crippen LogP contribution in [0.1, 0.15) is 37.3 Å². The van der Waals surface area contributed by atoms with Crippen molar-refractivity contribution in [1.29, 1.82) is 0 Å². The largest absolute Gasteiger partial charge is 0.489 e. The van der Waals surface area contributed by atoms with E-state index >= 15 is 0 Å². The quantitative estimate of drug-likeness (QED) is 0.738. The predicted molar refractivity (Wildman–Crippen MR) is 102 cm³/mol. The van der Waals surface area contributed by atoms with Gasteiger partial charge in [0.05, 0.1) is 12.7 Å². The number of methoxy groups -OCH3 is 1. The number of aliphatic imine (C=N–C) groups is 1. The van der Waals surface area contributed by atoms with Gasteiger partial charge in [-0.1, -0.05) is 48.5 Å². The molecule has 0 spiro atoms. The Bertz CT molecular complexity index is 853. The molecular weight excluding hydrogens is 326 g/mol. The number of carbonyl (C=O) groups is 1. The van der Waals surface area contributed by atoms with Crippen molar-refractivity contribution >= 4 is 11.7 Å². The molecule has 0 bridgehead atoms. The van der Waals surface area contributed by atoms with Crippen molar-refractivity contribution in [3.63, 3.8) is 0 Å². The first kappa shape index (κ1) is 17.9. The van der Waals surface area contributed by atoms with E-state index in [1.807, 2.05) is 68.4 Å². The van der Waals surface area contributed by atoms with Crippen LogP contribution in [0.15, 0.2) is 70.9 Å². The van der Waals surface area contributed by atoms with E-state index in [0.29, 0.717) is 24.3 Å². The normalized spacial score (nSPS) is 16.9. The van der Waals surface area contributed by atoms with E-state index in [-0.39, 0.29) is 11.9 Å². The maximum atomic E-state index is 12.4. The van der Waals surface area contributed by atoms with Gasteiger partial charge in [0, 0.05) is 22.9 Å². The molecule has 0 aliphatic carbocycles. The van der Waals surface area contributed by atoms with Gasteiger partial charge in [0.25, 0.3) is 0 Å². The molecule has 4 heteroatoms. The highest BCUT2D eigenvalue weighted by molar-refractivity contribution is 5.96. The zero-order valence-electron chi connectivity index (χ0n) is 15.4. The third kappa shape index (κ3) is 3.85. The second-order valence-electron chi connectivity index (χ2n) is 6.41. The Morgan fingerprint density at radius 2 is 1.77 bits per heavy atom. The lowest BCUT2D eigenvalue weighted by Gasteiger charge is -2.26. The summed E-state index contributed by atoms with van der Waals surface area (Å²) < 4.78 is 11.1. The third-order valence-corrected chi connectivity index (χ3v) is 4.53. The minimum Gasteiger partial charge on any atom is -0.489 e. The van der Waals surface area contributed by atoms with Crippen molar-refractivity contribution in [3.8, 4) is 5.75 Å². The van der Waals surface area contributed by atoms with Gasteiger partial charge in [-0.3, -0.25) is 4.99 Å². The lowest BCUT2D eigenvalue weighted by molar-refractivity contribution is -0.136. The minimum atomic E-state index is -0.332. The van der Waals surface area contributed by atoms with Crippen LogP contribution in [0.4, 0.5) is 0 Å². The van der Waals surface area contributed by atoms with E-state index in [4.69, 9.17) is 9.47 Å². The number of ether oxygens (including phenoxy) is 2. The summed E-state index contributed by atoms with van der Waals surface area (Å²) in [5, 5.41) is 0. The van der Waals surface area contributed by atoms with Crippen LogP contribution >= 0.6 is 0 Å². The topological polar surface area (TPSA) is 47.9 Å². The minimum absolute atomic E-state index is 0.119. The van der Waals surface area contributed by atoms with Gasteiger partial charge in [-0.25, -0.2) is 4.79 Å². The summed E-state index contributed by atoms with van der Waals surface area (Å²) in [6.07, 6.45) is 0.674. The maximum Gasteiger partial charge on any atom is 0.336 e. The highest BCUT2D eigenvalue weighted by atomic mass is 16.5. The third-order valence-electron chi connectivity index (χ3n) is 4.53. The van der Waals surface area contributed by atoms with Crippen LogP contribution in [0.3, 0.4) is 0 Å². The monoisotopic (exact) mass is 349 g/mol. The summed E-state index contributed by atoms with van der Waals surface area (Å²) in [6, 6.07) is 17.9. The first-order valence-corrected chi connectivity index (χ1v) is 8.69. The zero-order chi connectivity index (χ0) is 18.5. The second-order valence-corrected chi connectivity index (χ2v) is 6.41. The van der Waals surface area contributed by atoms with Crippen LogP contribution in [0.5, 0.6) is 5.75 Å². The van der Waals surface area contributed by atoms with E-state index in [1.165, 1.54) is 7.11 Å². The van der Waals surface area contributed by atoms with E-state index < -0.39 is 0 Å². The zero-order valence-corrected chi connectivity index (χ0v) is 15.4. The van der Waals surface area contributed by atoms with Crippen molar-refractivity contribution < 1.29 is 14.3 Å². The fraction of sp³-hybridized carbons (Fsp3) is 0.273. The summed E-state index contributed by atoms with van der Waals surface area (Å²) >= 11 is 0. The second kappa shape index (κ2) is 8.00. The van der Waals surface area contributed by atoms with Gasteiger partial charge in [0.15, 0.2) is 0 Å². The molecule has 0 N–H and O–H groups in total. The Morgan fingerprint density at radius 3 is 2.50 bits per heavy atom. The molecule has 1 aliphatic rings. The van der Waals surface area contributed by atoms with Crippen LogP contribution in [0.2, 0.25) is 0 Å². The highest BCUT2D eigenvalue weighted by Crippen LogP contribution is 2.39. The fourth-order valence-corrected chi connectivity index (χ4v) is 3.34. The lowest BCUT2D eigenvalue weighted by Crippen LogP contribution is -2.21. The molecule has 0 radical (unpaired) electrons. The summed E-state index contributed by atoms with van der Waals surface area (Å²) in [5.41, 5.74) is 4.40. The van der Waals surface area contributed by atoms with E-state index in [0.717, 1.165) is 22.6 Å². The lowest BCUT2D eigenvalue weighted by atomic mass is 9.83. The summed E-state index contributed by atoms with van der Waals surface area (Å²) in [6.45, 7) is 4.32. The molecule has 0 aromatic heterocycles. The van der Waals surface area contributed by atoms with Crippen molar-refractivity contribution in [1.82, 2.24) is 0 Å². The van der Waals surface area contributed by atoms with Gasteiger partial charge >= 0.3 is 5.97 Å². The van der Waals surface area contributed by atoms with Gasteiger partial charge in [-0.2, -0.15) is 0 Å². The number of hydrogen-bond acceptors (Lipinski definition) is 4. The molecule has 1 atom stereocenters. The summed E-state index contributed by atoms with van der Waals surface area (Å²) in [5.74, 6) is 0.332. The molecule has 134 valence electrons. The van der Waals surface area contributed by atoms with Crippen LogP contribution in [0.25, 0.3) is 0 Å². The van der Waals surface area contributed by atoms with E-state index in [9.17, 15) is 4.79 Å². The molecule has 4 nitrogen and oxygen atoms in total. The smallest absolute Gasteiger partial charge is 0.336 e. The molecule has 1 unspecified atom stereocenters. The predicted octanol–water partition coefficient (Wildman–Crippen LogP) is 4.66. The Labute approximate surface area is 154 Å². The van der Waals surface area contributed by atoms with Crippen LogP contribution in [-0.4, -0.2) is 18.8 Å². The number of allylic oxidation sites excluding steroid dienone is 1. The van der Waals surface area contributed by atoms with Crippen LogP contribution in [-0.2, 0) is 16.1 Å². The number of para-hydroxylation sites is 1. The number of hydrogen-bond donors (Lipinski definition) is 0. The number of esters is 1. The number of nitrogens with zero attached hydrogens (tertiary/aromatic N) is 1. The first-order chi connectivity index (χ1) is 12.6. The maximum absolute atomic E-state index is 12.4. The molecular formula is C22H23NO3. The fourth-order valence-electron chi connectivity index (χ4n) is 3.34. The average molecular weight is 349 g/mol. The number of rotatable bonds is 5. The Balaban J connectivity index is 1.93. The first-order valence-electron chi connectivity index (χ1n) is 8.69. The van der Waals surface area contributed by atoms with Crippen molar-refractivity contribution in [2.45, 2.75) is 32.8 Å². The Hall–Kier alpha value is -2.88. The van der Waals surface area contributed by atoms with Gasteiger partial charge in [0.1, 0.15) is 12.4 Å². The molecule has 1 heterocycles. The Kier molecular flexibility index (Phi) is 5.52. The van der Waals surface area contributed by atoms with E-state index in [1.54, 1.807) is 0 Å². The van der Waals surface area contributed by atoms with Crippen molar-refractivity contribution in [2.24, 2.45) is 4.99 Å². The molecule has 2 aromatic rings. The average Bonchev–Trinajstić information content (AvgIpc) is 2.66. The molecule has 0 amide bonds. The van der Waals surface area contributed by atoms with Crippen molar-refractivity contribution in [2.75, 3.05) is 7.11 Å². The molecule has 2 aromatic carbocycles. The van der Waals surface area contributed by atoms with Gasteiger partial charge in [-0.05, 0) is 31.9 Å². The Morgan fingerprint density at radius 1 is 1.08 bits per heavy atom. The molecule has 0 saturated heterocycles. The SMILES string of the molecule is COC(=O)C1=C(C)N=C(C)CC1c1ccccc1OCc1ccccc1. The van der Waals surface area contributed by atoms with Gasteiger partial charge in [0.2, 0.25) is 0 Å². The standard InChI is InChI=1S/C22H23NO3/c1-15-13-19(21(16(2)23-15)22(24)25-3)18-11-7-8-12-20(18)26-14-17-9-5-4-6-10-17/h4-12,19H,13-14H2,1-3H3. The molecule has 3 rings (SSSR count). The number of carbonyl (C=O) groups excluding carboxylic acids is 1. The van der Waals surface area contributed by atoms with Crippen LogP contribution in [0, 0.1) is 0 Å². The van der Waals surface area contributed by atoms with Crippen LogP contribution < -0.4 is 4.74 Å². The molecule has 1 aliphatic heterocycles. The van der Waals surface area contributed by atoms with E-state index in [2.05, 4.69) is 4.99 Å². The molecule has 0 fully saturated rings. The van der Waals surface area contributed by atoms with Crippen molar-refractivity contribution in [3.05, 3.63) is 77.0 Å². The summed E-state index contributed by atoms with van der Waals surface area (Å²) in [4.78, 5) is 16.9. The molecule has 0 saturated carbocycles. The van der Waals surface area contributed by atoms with Gasteiger partial charge < -0.3 is 9.47 Å². The highest BCUT2D eigenvalue weighted by Gasteiger charge is 2.31. The van der Waals surface area contributed by atoms with Gasteiger partial charge in [-0.15, -0.1) is 0 Å².